The van der Waals surface area contributed by atoms with Crippen LogP contribution in [0.1, 0.15) is 38.2 Å². The summed E-state index contributed by atoms with van der Waals surface area (Å²) in [4.78, 5) is 4.78. The Kier molecular flexibility index (Phi) is 7.96. The van der Waals surface area contributed by atoms with E-state index in [1.807, 2.05) is 0 Å². The molecule has 2 aromatic carbocycles. The molecule has 1 aliphatic carbocycles. The molecule has 0 bridgehead atoms. The molecule has 1 saturated carbocycles. The molecular formula is C20H28IN3O. The van der Waals surface area contributed by atoms with E-state index >= 15 is 0 Å². The highest BCUT2D eigenvalue weighted by atomic mass is 127. The van der Waals surface area contributed by atoms with E-state index in [1.165, 1.54) is 16.3 Å². The van der Waals surface area contributed by atoms with Crippen molar-refractivity contribution in [3.63, 3.8) is 0 Å². The van der Waals surface area contributed by atoms with Gasteiger partial charge in [-0.05, 0) is 48.9 Å². The number of hydrogen-bond donors (Lipinski definition) is 3. The minimum atomic E-state index is -0.127. The maximum atomic E-state index is 9.64. The fraction of sp³-hybridized carbons (Fsp3) is 0.450. The lowest BCUT2D eigenvalue weighted by Gasteiger charge is -2.27. The minimum Gasteiger partial charge on any atom is -0.393 e. The molecule has 0 unspecified atom stereocenters. The predicted octanol–water partition coefficient (Wildman–Crippen LogP) is 3.82. The van der Waals surface area contributed by atoms with Crippen molar-refractivity contribution >= 4 is 40.7 Å². The maximum absolute atomic E-state index is 9.64. The van der Waals surface area contributed by atoms with E-state index in [0.29, 0.717) is 12.6 Å². The second-order valence-corrected chi connectivity index (χ2v) is 6.48. The highest BCUT2D eigenvalue weighted by Crippen LogP contribution is 2.20. The zero-order chi connectivity index (χ0) is 16.8. The molecule has 2 aromatic rings. The predicted molar refractivity (Wildman–Crippen MR) is 116 cm³/mol. The lowest BCUT2D eigenvalue weighted by Crippen LogP contribution is -2.45. The third-order valence-corrected chi connectivity index (χ3v) is 4.67. The largest absolute Gasteiger partial charge is 0.393 e. The summed E-state index contributed by atoms with van der Waals surface area (Å²) < 4.78 is 0. The number of halogens is 1. The number of benzene rings is 2. The number of nitrogens with one attached hydrogen (secondary N) is 2. The molecule has 0 heterocycles. The van der Waals surface area contributed by atoms with Crippen LogP contribution >= 0.6 is 24.0 Å². The molecule has 1 fully saturated rings. The van der Waals surface area contributed by atoms with Crippen LogP contribution in [-0.4, -0.2) is 29.8 Å². The van der Waals surface area contributed by atoms with Crippen LogP contribution in [0.2, 0.25) is 0 Å². The zero-order valence-corrected chi connectivity index (χ0v) is 17.1. The van der Waals surface area contributed by atoms with Crippen molar-refractivity contribution in [3.8, 4) is 0 Å². The Balaban J connectivity index is 0.00000225. The number of aliphatic imine (C=N–C) groups is 1. The van der Waals surface area contributed by atoms with Crippen molar-refractivity contribution in [1.82, 2.24) is 10.6 Å². The summed E-state index contributed by atoms with van der Waals surface area (Å²) in [6, 6.07) is 15.2. The molecule has 1 aliphatic rings. The summed E-state index contributed by atoms with van der Waals surface area (Å²) in [5, 5.41) is 19.0. The third kappa shape index (κ3) is 5.57. The first-order valence-electron chi connectivity index (χ1n) is 8.96. The first kappa shape index (κ1) is 20.0. The van der Waals surface area contributed by atoms with Gasteiger partial charge in [-0.1, -0.05) is 42.5 Å². The van der Waals surface area contributed by atoms with E-state index in [1.54, 1.807) is 0 Å². The molecule has 0 aliphatic heterocycles. The summed E-state index contributed by atoms with van der Waals surface area (Å²) >= 11 is 0. The van der Waals surface area contributed by atoms with Crippen molar-refractivity contribution in [2.45, 2.75) is 51.3 Å². The molecule has 0 atom stereocenters. The molecule has 0 amide bonds. The highest BCUT2D eigenvalue weighted by molar-refractivity contribution is 14.0. The van der Waals surface area contributed by atoms with Gasteiger partial charge in [0.2, 0.25) is 0 Å². The number of nitrogens with zero attached hydrogens (tertiary/aromatic N) is 1. The second kappa shape index (κ2) is 9.97. The lowest BCUT2D eigenvalue weighted by atomic mass is 9.93. The number of guanidine groups is 1. The van der Waals surface area contributed by atoms with Crippen LogP contribution in [0.25, 0.3) is 10.8 Å². The van der Waals surface area contributed by atoms with Gasteiger partial charge >= 0.3 is 0 Å². The van der Waals surface area contributed by atoms with Crippen molar-refractivity contribution < 1.29 is 5.11 Å². The van der Waals surface area contributed by atoms with Gasteiger partial charge in [0.05, 0.1) is 12.6 Å². The number of aliphatic hydroxyl groups is 1. The van der Waals surface area contributed by atoms with Crippen molar-refractivity contribution in [1.29, 1.82) is 0 Å². The Labute approximate surface area is 167 Å². The van der Waals surface area contributed by atoms with Gasteiger partial charge in [0, 0.05) is 12.6 Å². The van der Waals surface area contributed by atoms with Gasteiger partial charge in [0.15, 0.2) is 5.96 Å². The number of fused-ring (bicyclic) bond motifs is 1. The van der Waals surface area contributed by atoms with Gasteiger partial charge in [-0.2, -0.15) is 0 Å². The average Bonchev–Trinajstić information content (AvgIpc) is 2.62. The summed E-state index contributed by atoms with van der Waals surface area (Å²) in [5.74, 6) is 0.867. The monoisotopic (exact) mass is 453 g/mol. The van der Waals surface area contributed by atoms with E-state index in [9.17, 15) is 5.11 Å². The summed E-state index contributed by atoms with van der Waals surface area (Å²) in [5.41, 5.74) is 1.24. The molecule has 0 aromatic heterocycles. The minimum absolute atomic E-state index is 0. The highest BCUT2D eigenvalue weighted by Gasteiger charge is 2.19. The third-order valence-electron chi connectivity index (χ3n) is 4.67. The first-order chi connectivity index (χ1) is 11.8. The molecule has 0 radical (unpaired) electrons. The maximum Gasteiger partial charge on any atom is 0.191 e. The van der Waals surface area contributed by atoms with E-state index in [4.69, 9.17) is 4.99 Å². The van der Waals surface area contributed by atoms with Crippen LogP contribution in [0.4, 0.5) is 0 Å². The number of hydrogen-bond acceptors (Lipinski definition) is 2. The summed E-state index contributed by atoms with van der Waals surface area (Å²) in [6.45, 7) is 3.59. The fourth-order valence-electron chi connectivity index (χ4n) is 3.33. The van der Waals surface area contributed by atoms with Crippen LogP contribution in [-0.2, 0) is 6.54 Å². The van der Waals surface area contributed by atoms with Crippen LogP contribution in [0.15, 0.2) is 47.5 Å². The Hall–Kier alpha value is -1.34. The van der Waals surface area contributed by atoms with Crippen molar-refractivity contribution in [2.75, 3.05) is 6.54 Å². The van der Waals surface area contributed by atoms with Gasteiger partial charge in [-0.25, -0.2) is 4.99 Å². The standard InChI is InChI=1S/C20H27N3O.HI/c1-2-21-20(23-17-10-12-18(24)13-11-17)22-14-16-8-5-7-15-6-3-4-9-19(15)16;/h3-9,17-18,24H,2,10-14H2,1H3,(H2,21,22,23);1H. The normalized spacial score (nSPS) is 20.8. The summed E-state index contributed by atoms with van der Waals surface area (Å²) in [6.07, 6.45) is 3.62. The van der Waals surface area contributed by atoms with E-state index in [-0.39, 0.29) is 30.1 Å². The lowest BCUT2D eigenvalue weighted by molar-refractivity contribution is 0.120. The topological polar surface area (TPSA) is 56.7 Å². The van der Waals surface area contributed by atoms with Crippen LogP contribution < -0.4 is 10.6 Å². The van der Waals surface area contributed by atoms with Crippen LogP contribution in [0, 0.1) is 0 Å². The SMILES string of the molecule is CCNC(=NCc1cccc2ccccc12)NC1CCC(O)CC1.I. The van der Waals surface area contributed by atoms with E-state index in [2.05, 4.69) is 60.0 Å². The van der Waals surface area contributed by atoms with Gasteiger partial charge in [-0.3, -0.25) is 0 Å². The molecular weight excluding hydrogens is 425 g/mol. The number of rotatable bonds is 4. The molecule has 4 nitrogen and oxygen atoms in total. The Morgan fingerprint density at radius 1 is 1.08 bits per heavy atom. The van der Waals surface area contributed by atoms with Gasteiger partial charge in [0.25, 0.3) is 0 Å². The Morgan fingerprint density at radius 3 is 2.56 bits per heavy atom. The Morgan fingerprint density at radius 2 is 1.80 bits per heavy atom. The molecule has 3 N–H and O–H groups in total. The van der Waals surface area contributed by atoms with Crippen molar-refractivity contribution in [3.05, 3.63) is 48.0 Å². The van der Waals surface area contributed by atoms with E-state index < -0.39 is 0 Å². The molecule has 25 heavy (non-hydrogen) atoms. The molecule has 5 heteroatoms. The van der Waals surface area contributed by atoms with Crippen LogP contribution in [0.5, 0.6) is 0 Å². The van der Waals surface area contributed by atoms with Gasteiger partial charge in [0.1, 0.15) is 0 Å². The van der Waals surface area contributed by atoms with Crippen LogP contribution in [0.3, 0.4) is 0 Å². The molecule has 0 spiro atoms. The van der Waals surface area contributed by atoms with Crippen molar-refractivity contribution in [2.24, 2.45) is 4.99 Å². The summed E-state index contributed by atoms with van der Waals surface area (Å²) in [7, 11) is 0. The molecule has 136 valence electrons. The second-order valence-electron chi connectivity index (χ2n) is 6.48. The fourth-order valence-corrected chi connectivity index (χ4v) is 3.33. The smallest absolute Gasteiger partial charge is 0.191 e. The average molecular weight is 453 g/mol. The van der Waals surface area contributed by atoms with Gasteiger partial charge < -0.3 is 15.7 Å². The zero-order valence-electron chi connectivity index (χ0n) is 14.7. The Bertz CT molecular complexity index is 691. The quantitative estimate of drug-likeness (QED) is 0.375. The number of aliphatic hydroxyl groups excluding tert-OH is 1. The molecule has 3 rings (SSSR count). The first-order valence-corrected chi connectivity index (χ1v) is 8.96. The molecule has 0 saturated heterocycles. The van der Waals surface area contributed by atoms with E-state index in [0.717, 1.165) is 38.2 Å². The van der Waals surface area contributed by atoms with Gasteiger partial charge in [-0.15, -0.1) is 24.0 Å².